The van der Waals surface area contributed by atoms with E-state index in [1.165, 1.54) is 0 Å². The molecule has 138 valence electrons. The lowest BCUT2D eigenvalue weighted by Gasteiger charge is -2.31. The Morgan fingerprint density at radius 2 is 1.92 bits per heavy atom. The smallest absolute Gasteiger partial charge is 0.227 e. The van der Waals surface area contributed by atoms with Gasteiger partial charge in [-0.1, -0.05) is 6.92 Å². The molecular formula is C19H28N2O4. The number of hydrogen-bond donors (Lipinski definition) is 1. The fourth-order valence-corrected chi connectivity index (χ4v) is 3.08. The van der Waals surface area contributed by atoms with Gasteiger partial charge >= 0.3 is 0 Å². The van der Waals surface area contributed by atoms with E-state index in [-0.39, 0.29) is 24.2 Å². The van der Waals surface area contributed by atoms with Gasteiger partial charge in [0.15, 0.2) is 0 Å². The lowest BCUT2D eigenvalue weighted by atomic mass is 9.95. The maximum atomic E-state index is 12.6. The number of nitrogens with one attached hydrogen (secondary N) is 1. The second-order valence-corrected chi connectivity index (χ2v) is 6.30. The molecule has 2 rings (SSSR count). The molecule has 6 heteroatoms. The van der Waals surface area contributed by atoms with Gasteiger partial charge in [-0.05, 0) is 37.5 Å². The van der Waals surface area contributed by atoms with E-state index >= 15 is 0 Å². The largest absolute Gasteiger partial charge is 0.497 e. The number of methoxy groups -OCH3 is 2. The van der Waals surface area contributed by atoms with E-state index in [1.54, 1.807) is 14.2 Å². The molecule has 1 saturated heterocycles. The first kappa shape index (κ1) is 19.1. The van der Waals surface area contributed by atoms with Crippen LogP contribution in [0.1, 0.15) is 31.7 Å². The predicted molar refractivity (Wildman–Crippen MR) is 95.9 cm³/mol. The van der Waals surface area contributed by atoms with Crippen molar-refractivity contribution in [2.24, 2.45) is 5.92 Å². The number of piperidine rings is 1. The Balaban J connectivity index is 1.92. The van der Waals surface area contributed by atoms with Gasteiger partial charge in [0.2, 0.25) is 11.8 Å². The number of hydrogen-bond acceptors (Lipinski definition) is 4. The quantitative estimate of drug-likeness (QED) is 0.818. The lowest BCUT2D eigenvalue weighted by Crippen LogP contribution is -2.43. The van der Waals surface area contributed by atoms with Gasteiger partial charge in [-0.15, -0.1) is 0 Å². The number of benzene rings is 1. The van der Waals surface area contributed by atoms with Gasteiger partial charge in [0.25, 0.3) is 0 Å². The molecule has 1 N–H and O–H groups in total. The van der Waals surface area contributed by atoms with Crippen molar-refractivity contribution < 1.29 is 19.1 Å². The average Bonchev–Trinajstić information content (AvgIpc) is 2.66. The van der Waals surface area contributed by atoms with Crippen LogP contribution >= 0.6 is 0 Å². The monoisotopic (exact) mass is 348 g/mol. The van der Waals surface area contributed by atoms with Crippen molar-refractivity contribution in [1.82, 2.24) is 10.2 Å². The van der Waals surface area contributed by atoms with Crippen LogP contribution < -0.4 is 14.8 Å². The van der Waals surface area contributed by atoms with E-state index in [0.717, 1.165) is 24.8 Å². The molecule has 25 heavy (non-hydrogen) atoms. The molecule has 1 aromatic carbocycles. The van der Waals surface area contributed by atoms with Gasteiger partial charge in [0.1, 0.15) is 11.5 Å². The third kappa shape index (κ3) is 5.11. The summed E-state index contributed by atoms with van der Waals surface area (Å²) in [5, 5.41) is 2.94. The fraction of sp³-hybridized carbons (Fsp3) is 0.579. The molecule has 1 aliphatic rings. The zero-order valence-corrected chi connectivity index (χ0v) is 15.3. The van der Waals surface area contributed by atoms with Crippen molar-refractivity contribution in [3.8, 4) is 11.5 Å². The number of carbonyl (C=O) groups excluding carboxylic acids is 2. The van der Waals surface area contributed by atoms with Crippen LogP contribution in [0.2, 0.25) is 0 Å². The Labute approximate surface area is 149 Å². The first-order valence-corrected chi connectivity index (χ1v) is 8.85. The Morgan fingerprint density at radius 3 is 2.52 bits per heavy atom. The van der Waals surface area contributed by atoms with Crippen LogP contribution in [0.4, 0.5) is 0 Å². The fourth-order valence-electron chi connectivity index (χ4n) is 3.08. The normalized spacial score (nSPS) is 14.9. The van der Waals surface area contributed by atoms with Crippen LogP contribution in [-0.2, 0) is 16.0 Å². The minimum absolute atomic E-state index is 0.0157. The van der Waals surface area contributed by atoms with E-state index in [4.69, 9.17) is 9.47 Å². The molecule has 0 aliphatic carbocycles. The summed E-state index contributed by atoms with van der Waals surface area (Å²) in [6, 6.07) is 5.46. The Bertz CT molecular complexity index is 595. The summed E-state index contributed by atoms with van der Waals surface area (Å²) < 4.78 is 10.6. The molecule has 2 amide bonds. The summed E-state index contributed by atoms with van der Waals surface area (Å²) in [6.45, 7) is 3.99. The third-order valence-electron chi connectivity index (χ3n) is 4.60. The lowest BCUT2D eigenvalue weighted by molar-refractivity contribution is -0.135. The van der Waals surface area contributed by atoms with E-state index in [9.17, 15) is 9.59 Å². The van der Waals surface area contributed by atoms with E-state index in [1.807, 2.05) is 30.0 Å². The maximum absolute atomic E-state index is 12.6. The third-order valence-corrected chi connectivity index (χ3v) is 4.60. The van der Waals surface area contributed by atoms with E-state index in [2.05, 4.69) is 5.32 Å². The average molecular weight is 348 g/mol. The molecule has 6 nitrogen and oxygen atoms in total. The Hall–Kier alpha value is -2.24. The standard InChI is InChI=1S/C19H28N2O4/c1-4-9-20-19(23)14-7-10-21(11-8-14)18(22)13-15-12-16(24-2)5-6-17(15)25-3/h5-6,12,14H,4,7-11,13H2,1-3H3,(H,20,23). The van der Waals surface area contributed by atoms with Crippen molar-refractivity contribution in [2.45, 2.75) is 32.6 Å². The highest BCUT2D eigenvalue weighted by Crippen LogP contribution is 2.26. The molecule has 1 aliphatic heterocycles. The molecule has 0 bridgehead atoms. The van der Waals surface area contributed by atoms with Crippen molar-refractivity contribution in [2.75, 3.05) is 33.9 Å². The Kier molecular flexibility index (Phi) is 7.10. The second-order valence-electron chi connectivity index (χ2n) is 6.30. The van der Waals surface area contributed by atoms with Gasteiger partial charge in [-0.25, -0.2) is 0 Å². The van der Waals surface area contributed by atoms with Gasteiger partial charge < -0.3 is 19.7 Å². The first-order valence-electron chi connectivity index (χ1n) is 8.85. The summed E-state index contributed by atoms with van der Waals surface area (Å²) in [5.41, 5.74) is 0.815. The molecule has 1 fully saturated rings. The highest BCUT2D eigenvalue weighted by Gasteiger charge is 2.27. The van der Waals surface area contributed by atoms with Crippen molar-refractivity contribution in [3.63, 3.8) is 0 Å². The van der Waals surface area contributed by atoms with Crippen LogP contribution in [0.3, 0.4) is 0 Å². The second kappa shape index (κ2) is 9.30. The maximum Gasteiger partial charge on any atom is 0.227 e. The van der Waals surface area contributed by atoms with Gasteiger partial charge in [0.05, 0.1) is 20.6 Å². The van der Waals surface area contributed by atoms with Crippen LogP contribution in [0.5, 0.6) is 11.5 Å². The van der Waals surface area contributed by atoms with Crippen LogP contribution in [0.25, 0.3) is 0 Å². The molecular weight excluding hydrogens is 320 g/mol. The van der Waals surface area contributed by atoms with Crippen LogP contribution in [0.15, 0.2) is 18.2 Å². The minimum Gasteiger partial charge on any atom is -0.497 e. The number of rotatable bonds is 7. The number of nitrogens with zero attached hydrogens (tertiary/aromatic N) is 1. The predicted octanol–water partition coefficient (Wildman–Crippen LogP) is 2.01. The van der Waals surface area contributed by atoms with Gasteiger partial charge in [-0.3, -0.25) is 9.59 Å². The summed E-state index contributed by atoms with van der Waals surface area (Å²) in [6.07, 6.45) is 2.64. The van der Waals surface area contributed by atoms with Crippen molar-refractivity contribution in [3.05, 3.63) is 23.8 Å². The molecule has 1 aromatic rings. The van der Waals surface area contributed by atoms with E-state index in [0.29, 0.717) is 31.1 Å². The molecule has 0 radical (unpaired) electrons. The van der Waals surface area contributed by atoms with Crippen molar-refractivity contribution >= 4 is 11.8 Å². The Morgan fingerprint density at radius 1 is 1.20 bits per heavy atom. The van der Waals surface area contributed by atoms with Crippen molar-refractivity contribution in [1.29, 1.82) is 0 Å². The van der Waals surface area contributed by atoms with Gasteiger partial charge in [0, 0.05) is 31.1 Å². The topological polar surface area (TPSA) is 67.9 Å². The number of likely N-dealkylation sites (tertiary alicyclic amines) is 1. The van der Waals surface area contributed by atoms with E-state index < -0.39 is 0 Å². The van der Waals surface area contributed by atoms with Crippen LogP contribution in [0, 0.1) is 5.92 Å². The first-order chi connectivity index (χ1) is 12.1. The summed E-state index contributed by atoms with van der Waals surface area (Å²) in [5.74, 6) is 1.57. The molecule has 0 saturated carbocycles. The number of ether oxygens (including phenoxy) is 2. The highest BCUT2D eigenvalue weighted by molar-refractivity contribution is 5.81. The van der Waals surface area contributed by atoms with Gasteiger partial charge in [-0.2, -0.15) is 0 Å². The zero-order chi connectivity index (χ0) is 18.2. The SMILES string of the molecule is CCCNC(=O)C1CCN(C(=O)Cc2cc(OC)ccc2OC)CC1. The number of amides is 2. The zero-order valence-electron chi connectivity index (χ0n) is 15.3. The summed E-state index contributed by atoms with van der Waals surface area (Å²) >= 11 is 0. The molecule has 0 spiro atoms. The molecule has 0 aromatic heterocycles. The number of carbonyl (C=O) groups is 2. The summed E-state index contributed by atoms with van der Waals surface area (Å²) in [7, 11) is 3.19. The molecule has 0 atom stereocenters. The highest BCUT2D eigenvalue weighted by atomic mass is 16.5. The molecule has 1 heterocycles. The van der Waals surface area contributed by atoms with Crippen LogP contribution in [-0.4, -0.2) is 50.6 Å². The minimum atomic E-state index is 0.0157. The summed E-state index contributed by atoms with van der Waals surface area (Å²) in [4.78, 5) is 26.5. The molecule has 0 unspecified atom stereocenters.